The summed E-state index contributed by atoms with van der Waals surface area (Å²) in [6.07, 6.45) is 1.37. The molecule has 3 rings (SSSR count). The molecule has 21 heavy (non-hydrogen) atoms. The summed E-state index contributed by atoms with van der Waals surface area (Å²) >= 11 is 7.72. The van der Waals surface area contributed by atoms with E-state index in [0.29, 0.717) is 11.4 Å². The van der Waals surface area contributed by atoms with Crippen molar-refractivity contribution < 1.29 is 4.79 Å². The van der Waals surface area contributed by atoms with E-state index in [0.717, 1.165) is 17.7 Å². The SMILES string of the molecule is O=C(Cc1ccc(Cl)cc1)NC1CCSc2ccccc21. The van der Waals surface area contributed by atoms with Gasteiger partial charge in [0.15, 0.2) is 0 Å². The number of nitrogens with one attached hydrogen (secondary N) is 1. The lowest BCUT2D eigenvalue weighted by Crippen LogP contribution is -2.31. The van der Waals surface area contributed by atoms with E-state index in [2.05, 4.69) is 17.4 Å². The molecule has 0 aliphatic carbocycles. The Bertz CT molecular complexity index is 641. The van der Waals surface area contributed by atoms with Gasteiger partial charge in [-0.05, 0) is 35.7 Å². The van der Waals surface area contributed by atoms with Crippen molar-refractivity contribution in [2.75, 3.05) is 5.75 Å². The van der Waals surface area contributed by atoms with E-state index in [9.17, 15) is 4.79 Å². The summed E-state index contributed by atoms with van der Waals surface area (Å²) in [5.41, 5.74) is 2.22. The number of thioether (sulfide) groups is 1. The smallest absolute Gasteiger partial charge is 0.224 e. The third-order valence-electron chi connectivity index (χ3n) is 3.57. The molecule has 108 valence electrons. The number of amides is 1. The summed E-state index contributed by atoms with van der Waals surface area (Å²) in [4.78, 5) is 13.5. The van der Waals surface area contributed by atoms with E-state index >= 15 is 0 Å². The molecule has 0 radical (unpaired) electrons. The summed E-state index contributed by atoms with van der Waals surface area (Å²) in [7, 11) is 0. The van der Waals surface area contributed by atoms with Crippen molar-refractivity contribution in [2.24, 2.45) is 0 Å². The van der Waals surface area contributed by atoms with Crippen molar-refractivity contribution in [3.8, 4) is 0 Å². The molecule has 1 heterocycles. The van der Waals surface area contributed by atoms with Crippen LogP contribution in [0.3, 0.4) is 0 Å². The van der Waals surface area contributed by atoms with E-state index in [4.69, 9.17) is 11.6 Å². The first-order valence-electron chi connectivity index (χ1n) is 6.98. The highest BCUT2D eigenvalue weighted by atomic mass is 35.5. The lowest BCUT2D eigenvalue weighted by Gasteiger charge is -2.25. The number of halogens is 1. The topological polar surface area (TPSA) is 29.1 Å². The predicted octanol–water partition coefficient (Wildman–Crippen LogP) is 4.24. The van der Waals surface area contributed by atoms with Gasteiger partial charge in [0, 0.05) is 15.7 Å². The van der Waals surface area contributed by atoms with Crippen LogP contribution < -0.4 is 5.32 Å². The molecule has 1 unspecified atom stereocenters. The molecular weight excluding hydrogens is 302 g/mol. The maximum atomic E-state index is 12.2. The first-order valence-corrected chi connectivity index (χ1v) is 8.34. The highest BCUT2D eigenvalue weighted by Crippen LogP contribution is 2.35. The molecule has 1 atom stereocenters. The number of hydrogen-bond donors (Lipinski definition) is 1. The van der Waals surface area contributed by atoms with Crippen molar-refractivity contribution in [3.63, 3.8) is 0 Å². The summed E-state index contributed by atoms with van der Waals surface area (Å²) in [5, 5.41) is 3.84. The third kappa shape index (κ3) is 3.60. The van der Waals surface area contributed by atoms with Gasteiger partial charge in [0.25, 0.3) is 0 Å². The zero-order valence-corrected chi connectivity index (χ0v) is 13.1. The minimum absolute atomic E-state index is 0.0593. The molecule has 1 N–H and O–H groups in total. The molecule has 0 spiro atoms. The number of fused-ring (bicyclic) bond motifs is 1. The van der Waals surface area contributed by atoms with Crippen molar-refractivity contribution in [1.82, 2.24) is 5.32 Å². The largest absolute Gasteiger partial charge is 0.349 e. The zero-order chi connectivity index (χ0) is 14.7. The molecule has 1 aliphatic rings. The van der Waals surface area contributed by atoms with Crippen LogP contribution in [0.25, 0.3) is 0 Å². The summed E-state index contributed by atoms with van der Waals surface area (Å²) in [6, 6.07) is 15.9. The Morgan fingerprint density at radius 1 is 1.19 bits per heavy atom. The molecule has 0 fully saturated rings. The summed E-state index contributed by atoms with van der Waals surface area (Å²) in [6.45, 7) is 0. The van der Waals surface area contributed by atoms with Crippen LogP contribution in [0.15, 0.2) is 53.4 Å². The van der Waals surface area contributed by atoms with Gasteiger partial charge in [0.1, 0.15) is 0 Å². The second-order valence-corrected chi connectivity index (χ2v) is 6.67. The van der Waals surface area contributed by atoms with Crippen LogP contribution in [-0.2, 0) is 11.2 Å². The molecule has 0 saturated carbocycles. The van der Waals surface area contributed by atoms with E-state index in [-0.39, 0.29) is 11.9 Å². The average Bonchev–Trinajstić information content (AvgIpc) is 2.50. The van der Waals surface area contributed by atoms with E-state index in [1.165, 1.54) is 10.5 Å². The lowest BCUT2D eigenvalue weighted by molar-refractivity contribution is -0.121. The second-order valence-electron chi connectivity index (χ2n) is 5.10. The molecule has 1 amide bonds. The minimum Gasteiger partial charge on any atom is -0.349 e. The summed E-state index contributed by atoms with van der Waals surface area (Å²) < 4.78 is 0. The third-order valence-corrected chi connectivity index (χ3v) is 4.95. The van der Waals surface area contributed by atoms with Gasteiger partial charge < -0.3 is 5.32 Å². The Labute approximate surface area is 133 Å². The normalized spacial score (nSPS) is 17.1. The molecule has 1 aliphatic heterocycles. The molecule has 4 heteroatoms. The van der Waals surface area contributed by atoms with Gasteiger partial charge in [-0.2, -0.15) is 0 Å². The number of benzene rings is 2. The minimum atomic E-state index is 0.0593. The molecule has 2 nitrogen and oxygen atoms in total. The van der Waals surface area contributed by atoms with Gasteiger partial charge in [-0.25, -0.2) is 0 Å². The van der Waals surface area contributed by atoms with Gasteiger partial charge in [-0.15, -0.1) is 11.8 Å². The van der Waals surface area contributed by atoms with Crippen LogP contribution in [0.2, 0.25) is 5.02 Å². The Kier molecular flexibility index (Phi) is 4.51. The van der Waals surface area contributed by atoms with Crippen LogP contribution in [0, 0.1) is 0 Å². The summed E-state index contributed by atoms with van der Waals surface area (Å²) in [5.74, 6) is 1.10. The maximum Gasteiger partial charge on any atom is 0.224 e. The molecule has 2 aromatic rings. The maximum absolute atomic E-state index is 12.2. The number of hydrogen-bond acceptors (Lipinski definition) is 2. The Balaban J connectivity index is 1.67. The fraction of sp³-hybridized carbons (Fsp3) is 0.235. The van der Waals surface area contributed by atoms with Crippen LogP contribution in [0.4, 0.5) is 0 Å². The number of carbonyl (C=O) groups is 1. The Morgan fingerprint density at radius 2 is 1.95 bits per heavy atom. The first kappa shape index (κ1) is 14.5. The van der Waals surface area contributed by atoms with Crippen molar-refractivity contribution >= 4 is 29.3 Å². The van der Waals surface area contributed by atoms with E-state index in [1.54, 1.807) is 0 Å². The molecule has 2 aromatic carbocycles. The molecule has 0 aromatic heterocycles. The molecule has 0 saturated heterocycles. The second kappa shape index (κ2) is 6.54. The van der Waals surface area contributed by atoms with Crippen molar-refractivity contribution in [2.45, 2.75) is 23.8 Å². The predicted molar refractivity (Wildman–Crippen MR) is 87.8 cm³/mol. The fourth-order valence-electron chi connectivity index (χ4n) is 2.53. The fourth-order valence-corrected chi connectivity index (χ4v) is 3.78. The highest BCUT2D eigenvalue weighted by Gasteiger charge is 2.21. The monoisotopic (exact) mass is 317 g/mol. The quantitative estimate of drug-likeness (QED) is 0.917. The molecular formula is C17H16ClNOS. The van der Waals surface area contributed by atoms with Gasteiger partial charge in [-0.1, -0.05) is 41.9 Å². The van der Waals surface area contributed by atoms with Crippen LogP contribution in [0.1, 0.15) is 23.6 Å². The van der Waals surface area contributed by atoms with Crippen molar-refractivity contribution in [3.05, 3.63) is 64.7 Å². The van der Waals surface area contributed by atoms with Crippen molar-refractivity contribution in [1.29, 1.82) is 0 Å². The highest BCUT2D eigenvalue weighted by molar-refractivity contribution is 7.99. The Hall–Kier alpha value is -1.45. The van der Waals surface area contributed by atoms with Crippen LogP contribution >= 0.6 is 23.4 Å². The van der Waals surface area contributed by atoms with Crippen LogP contribution in [-0.4, -0.2) is 11.7 Å². The van der Waals surface area contributed by atoms with E-state index < -0.39 is 0 Å². The molecule has 0 bridgehead atoms. The van der Waals surface area contributed by atoms with Gasteiger partial charge in [0.05, 0.1) is 12.5 Å². The van der Waals surface area contributed by atoms with Gasteiger partial charge in [0.2, 0.25) is 5.91 Å². The zero-order valence-electron chi connectivity index (χ0n) is 11.5. The number of rotatable bonds is 3. The standard InChI is InChI=1S/C17H16ClNOS/c18-13-7-5-12(6-8-13)11-17(20)19-15-9-10-21-16-4-2-1-3-14(15)16/h1-8,15H,9-11H2,(H,19,20). The Morgan fingerprint density at radius 3 is 2.76 bits per heavy atom. The average molecular weight is 318 g/mol. The van der Waals surface area contributed by atoms with E-state index in [1.807, 2.05) is 48.2 Å². The van der Waals surface area contributed by atoms with Gasteiger partial charge in [-0.3, -0.25) is 4.79 Å². The lowest BCUT2D eigenvalue weighted by atomic mass is 10.0. The van der Waals surface area contributed by atoms with Gasteiger partial charge >= 0.3 is 0 Å². The van der Waals surface area contributed by atoms with Crippen LogP contribution in [0.5, 0.6) is 0 Å². The first-order chi connectivity index (χ1) is 10.2. The number of carbonyl (C=O) groups excluding carboxylic acids is 1.